The third-order valence-electron chi connectivity index (χ3n) is 1.70. The molecule has 9 heteroatoms. The molecule has 0 aromatic heterocycles. The minimum atomic E-state index is -4.96. The Labute approximate surface area is 104 Å². The van der Waals surface area contributed by atoms with Crippen molar-refractivity contribution >= 4 is 10.1 Å². The van der Waals surface area contributed by atoms with Crippen molar-refractivity contribution in [1.29, 1.82) is 0 Å². The van der Waals surface area contributed by atoms with Gasteiger partial charge in [-0.25, -0.2) is 12.8 Å². The van der Waals surface area contributed by atoms with Crippen molar-refractivity contribution in [3.63, 3.8) is 0 Å². The maximum absolute atomic E-state index is 12.4. The van der Waals surface area contributed by atoms with Crippen molar-refractivity contribution in [3.8, 4) is 0 Å². The van der Waals surface area contributed by atoms with Crippen molar-refractivity contribution < 1.29 is 49.4 Å². The van der Waals surface area contributed by atoms with Gasteiger partial charge in [-0.15, -0.1) is 0 Å². The van der Waals surface area contributed by atoms with Crippen molar-refractivity contribution in [2.75, 3.05) is 0 Å². The Morgan fingerprint density at radius 2 is 1.62 bits per heavy atom. The molecule has 92 valence electrons. The first-order valence-electron chi connectivity index (χ1n) is 4.28. The van der Waals surface area contributed by atoms with Gasteiger partial charge in [-0.3, -0.25) is 0 Å². The fourth-order valence-electron chi connectivity index (χ4n) is 0.951. The van der Waals surface area contributed by atoms with Crippen LogP contribution in [0, 0.1) is 0 Å². The van der Waals surface area contributed by atoms with Crippen LogP contribution < -0.4 is 18.9 Å². The first kappa shape index (κ1) is 18.6. The van der Waals surface area contributed by atoms with Crippen LogP contribution >= 0.6 is 0 Å². The van der Waals surface area contributed by atoms with E-state index in [0.717, 1.165) is 0 Å². The van der Waals surface area contributed by atoms with Crippen molar-refractivity contribution in [1.82, 2.24) is 0 Å². The summed E-state index contributed by atoms with van der Waals surface area (Å²) in [6.45, 7) is 0. The summed E-state index contributed by atoms with van der Waals surface area (Å²) in [5.41, 5.74) is -2.51. The second kappa shape index (κ2) is 7.53. The van der Waals surface area contributed by atoms with Crippen LogP contribution in [0.25, 0.3) is 0 Å². The van der Waals surface area contributed by atoms with E-state index in [-0.39, 0.29) is 38.1 Å². The van der Waals surface area contributed by atoms with Crippen molar-refractivity contribution in [2.45, 2.75) is 43.8 Å². The minimum absolute atomic E-state index is 0. The van der Waals surface area contributed by atoms with E-state index in [0.29, 0.717) is 0 Å². The maximum atomic E-state index is 12.4. The molecule has 0 fully saturated rings. The van der Waals surface area contributed by atoms with Gasteiger partial charge < -0.3 is 4.55 Å². The summed E-state index contributed by atoms with van der Waals surface area (Å²) in [4.78, 5) is 0. The average Bonchev–Trinajstić information content (AvgIpc) is 1.99. The fraction of sp³-hybridized carbons (Fsp3) is 1.00. The number of alkyl halides is 4. The molecule has 0 aromatic rings. The summed E-state index contributed by atoms with van der Waals surface area (Å²) in [5, 5.41) is 0. The van der Waals surface area contributed by atoms with E-state index < -0.39 is 34.6 Å². The van der Waals surface area contributed by atoms with E-state index in [1.54, 1.807) is 0 Å². The fourth-order valence-corrected chi connectivity index (χ4v) is 1.41. The predicted molar refractivity (Wildman–Crippen MR) is 43.7 cm³/mol. The third-order valence-corrected chi connectivity index (χ3v) is 2.57. The van der Waals surface area contributed by atoms with Crippen LogP contribution in [0.3, 0.4) is 0 Å². The van der Waals surface area contributed by atoms with Crippen LogP contribution in [-0.2, 0) is 10.1 Å². The molecule has 3 nitrogen and oxygen atoms in total. The standard InChI is InChI=1S/C7H12F4O3S.Li/c8-6(15(12,13)14)4-2-1-3-5-7(9,10)11;/h6H,1-5H2,(H,12,13,14);/q;+1/p-1. The molecule has 0 aliphatic carbocycles. The van der Waals surface area contributed by atoms with E-state index in [1.165, 1.54) is 0 Å². The van der Waals surface area contributed by atoms with Crippen LogP contribution in [0.15, 0.2) is 0 Å². The van der Waals surface area contributed by atoms with E-state index in [9.17, 15) is 30.5 Å². The zero-order chi connectivity index (χ0) is 12.1. The van der Waals surface area contributed by atoms with Gasteiger partial charge in [-0.2, -0.15) is 13.2 Å². The molecule has 1 atom stereocenters. The summed E-state index contributed by atoms with van der Waals surface area (Å²) in [6, 6.07) is 0. The zero-order valence-electron chi connectivity index (χ0n) is 8.76. The summed E-state index contributed by atoms with van der Waals surface area (Å²) < 4.78 is 77.4. The average molecular weight is 258 g/mol. The van der Waals surface area contributed by atoms with Gasteiger partial charge in [0.25, 0.3) is 0 Å². The van der Waals surface area contributed by atoms with E-state index in [4.69, 9.17) is 0 Å². The van der Waals surface area contributed by atoms with Crippen LogP contribution in [0.5, 0.6) is 0 Å². The van der Waals surface area contributed by atoms with Gasteiger partial charge >= 0.3 is 25.0 Å². The molecule has 0 N–H and O–H groups in total. The molecule has 0 saturated heterocycles. The Bertz CT molecular complexity index is 278. The first-order valence-corrected chi connectivity index (χ1v) is 5.75. The van der Waals surface area contributed by atoms with Gasteiger partial charge in [0.1, 0.15) is 10.1 Å². The Hall–Kier alpha value is 0.227. The Morgan fingerprint density at radius 1 is 1.12 bits per heavy atom. The largest absolute Gasteiger partial charge is 1.00 e. The van der Waals surface area contributed by atoms with Gasteiger partial charge in [-0.05, 0) is 19.3 Å². The molecule has 0 rings (SSSR count). The van der Waals surface area contributed by atoms with Gasteiger partial charge in [0.15, 0.2) is 5.50 Å². The van der Waals surface area contributed by atoms with Gasteiger partial charge in [0, 0.05) is 6.42 Å². The maximum Gasteiger partial charge on any atom is 1.00 e. The van der Waals surface area contributed by atoms with Gasteiger partial charge in [-0.1, -0.05) is 6.42 Å². The Balaban J connectivity index is 0. The normalized spacial score (nSPS) is 14.3. The van der Waals surface area contributed by atoms with Gasteiger partial charge in [0.2, 0.25) is 0 Å². The quantitative estimate of drug-likeness (QED) is 0.275. The Morgan fingerprint density at radius 3 is 2.00 bits per heavy atom. The summed E-state index contributed by atoms with van der Waals surface area (Å²) in [6.07, 6.45) is -5.94. The monoisotopic (exact) mass is 258 g/mol. The molecule has 0 spiro atoms. The molecule has 0 saturated carbocycles. The number of halogens is 4. The van der Waals surface area contributed by atoms with Crippen LogP contribution in [0.4, 0.5) is 17.6 Å². The topological polar surface area (TPSA) is 57.2 Å². The van der Waals surface area contributed by atoms with Crippen LogP contribution in [0.2, 0.25) is 0 Å². The van der Waals surface area contributed by atoms with Gasteiger partial charge in [0.05, 0.1) is 0 Å². The molecular formula is C7H11F4LiO3S. The summed E-state index contributed by atoms with van der Waals surface area (Å²) in [5.74, 6) is 0. The third kappa shape index (κ3) is 10.7. The molecule has 1 unspecified atom stereocenters. The van der Waals surface area contributed by atoms with Crippen LogP contribution in [0.1, 0.15) is 32.1 Å². The number of hydrogen-bond donors (Lipinski definition) is 0. The number of unbranched alkanes of at least 4 members (excludes halogenated alkanes) is 2. The molecule has 0 aromatic carbocycles. The second-order valence-electron chi connectivity index (χ2n) is 3.12. The van der Waals surface area contributed by atoms with Crippen molar-refractivity contribution in [2.24, 2.45) is 0 Å². The molecule has 0 heterocycles. The van der Waals surface area contributed by atoms with Crippen molar-refractivity contribution in [3.05, 3.63) is 0 Å². The minimum Gasteiger partial charge on any atom is -0.746 e. The van der Waals surface area contributed by atoms with E-state index in [2.05, 4.69) is 0 Å². The van der Waals surface area contributed by atoms with Crippen LogP contribution in [-0.4, -0.2) is 24.7 Å². The second-order valence-corrected chi connectivity index (χ2v) is 4.61. The first-order chi connectivity index (χ1) is 6.63. The van der Waals surface area contributed by atoms with E-state index >= 15 is 0 Å². The van der Waals surface area contributed by atoms with E-state index in [1.807, 2.05) is 0 Å². The summed E-state index contributed by atoms with van der Waals surface area (Å²) >= 11 is 0. The molecule has 0 amide bonds. The molecule has 0 bridgehead atoms. The molecule has 0 aliphatic heterocycles. The molecular weight excluding hydrogens is 247 g/mol. The Kier molecular flexibility index (Phi) is 8.75. The number of rotatable bonds is 6. The molecule has 0 aliphatic rings. The number of hydrogen-bond acceptors (Lipinski definition) is 3. The molecule has 0 radical (unpaired) electrons. The SMILES string of the molecule is O=S(=O)([O-])C(F)CCCCCC(F)(F)F.[Li+]. The predicted octanol–water partition coefficient (Wildman–Crippen LogP) is -0.656. The molecule has 16 heavy (non-hydrogen) atoms. The summed E-state index contributed by atoms with van der Waals surface area (Å²) in [7, 11) is -4.96. The zero-order valence-corrected chi connectivity index (χ0v) is 9.57. The smallest absolute Gasteiger partial charge is 0.746 e.